The minimum absolute atomic E-state index is 0.0359. The van der Waals surface area contributed by atoms with Crippen molar-refractivity contribution in [3.05, 3.63) is 0 Å². The van der Waals surface area contributed by atoms with Crippen LogP contribution < -0.4 is 5.73 Å². The summed E-state index contributed by atoms with van der Waals surface area (Å²) in [6, 6.07) is 0. The quantitative estimate of drug-likeness (QED) is 0.284. The van der Waals surface area contributed by atoms with Crippen LogP contribution in [0.2, 0.25) is 0 Å². The second-order valence-corrected chi connectivity index (χ2v) is 5.47. The summed E-state index contributed by atoms with van der Waals surface area (Å²) in [4.78, 5) is 0. The molecule has 14 heavy (non-hydrogen) atoms. The van der Waals surface area contributed by atoms with Gasteiger partial charge in [-0.25, -0.2) is 8.42 Å². The van der Waals surface area contributed by atoms with Crippen molar-refractivity contribution in [2.75, 3.05) is 13.1 Å². The van der Waals surface area contributed by atoms with E-state index >= 15 is 0 Å². The minimum atomic E-state index is -3.22. The summed E-state index contributed by atoms with van der Waals surface area (Å²) in [5.74, 6) is -0.0870. The van der Waals surface area contributed by atoms with E-state index in [0.29, 0.717) is 6.54 Å². The van der Waals surface area contributed by atoms with Crippen molar-refractivity contribution < 1.29 is 13.6 Å². The van der Waals surface area contributed by atoms with Crippen LogP contribution in [0.1, 0.15) is 19.8 Å². The van der Waals surface area contributed by atoms with Crippen molar-refractivity contribution in [1.82, 2.24) is 4.31 Å². The zero-order chi connectivity index (χ0) is 10.8. The predicted octanol–water partition coefficient (Wildman–Crippen LogP) is -0.453. The molecule has 1 aliphatic rings. The second kappa shape index (κ2) is 4.14. The number of sulfonamides is 1. The Labute approximate surface area is 83.4 Å². The van der Waals surface area contributed by atoms with E-state index in [0.717, 1.165) is 12.8 Å². The lowest BCUT2D eigenvalue weighted by atomic mass is 10.6. The molecule has 1 fully saturated rings. The maximum atomic E-state index is 11.7. The molecule has 6 nitrogen and oxygen atoms in total. The number of hydrogen-bond donors (Lipinski definition) is 2. The normalized spacial score (nSPS) is 18.9. The molecule has 82 valence electrons. The minimum Gasteiger partial charge on any atom is -0.409 e. The Morgan fingerprint density at radius 2 is 2.21 bits per heavy atom. The summed E-state index contributed by atoms with van der Waals surface area (Å²) < 4.78 is 24.7. The zero-order valence-electron chi connectivity index (χ0n) is 8.05. The van der Waals surface area contributed by atoms with Gasteiger partial charge in [-0.1, -0.05) is 12.1 Å². The summed E-state index contributed by atoms with van der Waals surface area (Å²) in [7, 11) is -3.22. The van der Waals surface area contributed by atoms with Crippen molar-refractivity contribution in [3.63, 3.8) is 0 Å². The first-order valence-corrected chi connectivity index (χ1v) is 5.98. The van der Waals surface area contributed by atoms with Gasteiger partial charge >= 0.3 is 0 Å². The van der Waals surface area contributed by atoms with E-state index in [1.165, 1.54) is 4.31 Å². The molecule has 3 N–H and O–H groups in total. The van der Waals surface area contributed by atoms with Gasteiger partial charge in [0.05, 0.1) is 11.8 Å². The highest BCUT2D eigenvalue weighted by atomic mass is 32.2. The first kappa shape index (κ1) is 11.3. The van der Waals surface area contributed by atoms with E-state index in [1.54, 1.807) is 6.92 Å². The largest absolute Gasteiger partial charge is 0.409 e. The lowest BCUT2D eigenvalue weighted by Gasteiger charge is -2.19. The van der Waals surface area contributed by atoms with Crippen LogP contribution in [0.5, 0.6) is 0 Å². The average Bonchev–Trinajstić information content (AvgIpc) is 2.96. The van der Waals surface area contributed by atoms with Crippen LogP contribution in [-0.4, -0.2) is 42.1 Å². The van der Waals surface area contributed by atoms with E-state index in [-0.39, 0.29) is 17.6 Å². The Hall–Kier alpha value is -0.820. The van der Waals surface area contributed by atoms with Crippen molar-refractivity contribution >= 4 is 15.9 Å². The van der Waals surface area contributed by atoms with E-state index in [1.807, 2.05) is 0 Å². The van der Waals surface area contributed by atoms with Gasteiger partial charge in [-0.15, -0.1) is 0 Å². The monoisotopic (exact) mass is 221 g/mol. The molecular weight excluding hydrogens is 206 g/mol. The Morgan fingerprint density at radius 1 is 1.64 bits per heavy atom. The molecule has 0 spiro atoms. The molecular formula is C7H15N3O3S. The molecule has 7 heteroatoms. The maximum Gasteiger partial charge on any atom is 0.217 e. The van der Waals surface area contributed by atoms with Gasteiger partial charge in [0, 0.05) is 6.54 Å². The van der Waals surface area contributed by atoms with Crippen LogP contribution in [-0.2, 0) is 10.0 Å². The first-order valence-electron chi connectivity index (χ1n) is 4.47. The highest BCUT2D eigenvalue weighted by Gasteiger charge is 2.39. The van der Waals surface area contributed by atoms with E-state index in [2.05, 4.69) is 5.16 Å². The molecule has 0 heterocycles. The molecule has 0 aromatic rings. The van der Waals surface area contributed by atoms with Gasteiger partial charge in [0.15, 0.2) is 5.84 Å². The van der Waals surface area contributed by atoms with Gasteiger partial charge < -0.3 is 10.9 Å². The van der Waals surface area contributed by atoms with E-state index in [9.17, 15) is 8.42 Å². The molecule has 0 amide bonds. The zero-order valence-corrected chi connectivity index (χ0v) is 8.87. The van der Waals surface area contributed by atoms with Gasteiger partial charge in [0.25, 0.3) is 0 Å². The van der Waals surface area contributed by atoms with Gasteiger partial charge in [-0.3, -0.25) is 0 Å². The third-order valence-electron chi connectivity index (χ3n) is 2.13. The molecule has 1 aliphatic carbocycles. The molecule has 1 rings (SSSR count). The number of hydrogen-bond acceptors (Lipinski definition) is 4. The van der Waals surface area contributed by atoms with Gasteiger partial charge in [0.2, 0.25) is 10.0 Å². The highest BCUT2D eigenvalue weighted by molar-refractivity contribution is 7.90. The Kier molecular flexibility index (Phi) is 3.33. The third kappa shape index (κ3) is 2.36. The SMILES string of the molecule is CCN(CC(N)=NO)S(=O)(=O)C1CC1. The summed E-state index contributed by atoms with van der Waals surface area (Å²) in [5.41, 5.74) is 5.26. The summed E-state index contributed by atoms with van der Waals surface area (Å²) in [6.45, 7) is 2.03. The molecule has 0 saturated heterocycles. The van der Waals surface area contributed by atoms with Gasteiger partial charge in [-0.05, 0) is 12.8 Å². The van der Waals surface area contributed by atoms with E-state index < -0.39 is 10.0 Å². The molecule has 0 aromatic heterocycles. The number of oxime groups is 1. The van der Waals surface area contributed by atoms with Crippen LogP contribution in [0, 0.1) is 0 Å². The average molecular weight is 221 g/mol. The fourth-order valence-electron chi connectivity index (χ4n) is 1.17. The molecule has 0 atom stereocenters. The molecule has 0 unspecified atom stereocenters. The summed E-state index contributed by atoms with van der Waals surface area (Å²) in [5, 5.41) is 10.8. The van der Waals surface area contributed by atoms with Gasteiger partial charge in [0.1, 0.15) is 0 Å². The number of nitrogens with zero attached hydrogens (tertiary/aromatic N) is 2. The first-order chi connectivity index (χ1) is 6.52. The predicted molar refractivity (Wildman–Crippen MR) is 52.6 cm³/mol. The van der Waals surface area contributed by atoms with Crippen LogP contribution in [0.15, 0.2) is 5.16 Å². The maximum absolute atomic E-state index is 11.7. The van der Waals surface area contributed by atoms with Crippen LogP contribution >= 0.6 is 0 Å². The second-order valence-electron chi connectivity index (χ2n) is 3.26. The summed E-state index contributed by atoms with van der Waals surface area (Å²) in [6.07, 6.45) is 1.43. The number of likely N-dealkylation sites (N-methyl/N-ethyl adjacent to an activating group) is 1. The lowest BCUT2D eigenvalue weighted by Crippen LogP contribution is -2.40. The molecule has 1 saturated carbocycles. The van der Waals surface area contributed by atoms with Crippen molar-refractivity contribution in [1.29, 1.82) is 0 Å². The highest BCUT2D eigenvalue weighted by Crippen LogP contribution is 2.30. The van der Waals surface area contributed by atoms with Crippen LogP contribution in [0.4, 0.5) is 0 Å². The van der Waals surface area contributed by atoms with Gasteiger partial charge in [-0.2, -0.15) is 4.31 Å². The lowest BCUT2D eigenvalue weighted by molar-refractivity contribution is 0.315. The Bertz CT molecular complexity index is 321. The third-order valence-corrected chi connectivity index (χ3v) is 4.55. The van der Waals surface area contributed by atoms with Crippen molar-refractivity contribution in [2.24, 2.45) is 10.9 Å². The fraction of sp³-hybridized carbons (Fsp3) is 0.857. The van der Waals surface area contributed by atoms with Crippen LogP contribution in [0.3, 0.4) is 0 Å². The number of nitrogens with two attached hydrogens (primary N) is 1. The molecule has 0 aliphatic heterocycles. The molecule has 0 bridgehead atoms. The van der Waals surface area contributed by atoms with E-state index in [4.69, 9.17) is 10.9 Å². The Morgan fingerprint density at radius 3 is 2.57 bits per heavy atom. The fourth-order valence-corrected chi connectivity index (χ4v) is 3.00. The van der Waals surface area contributed by atoms with Crippen LogP contribution in [0.25, 0.3) is 0 Å². The molecule has 0 aromatic carbocycles. The number of rotatable bonds is 5. The van der Waals surface area contributed by atoms with Crippen molar-refractivity contribution in [2.45, 2.75) is 25.0 Å². The standard InChI is InChI=1S/C7H15N3O3S/c1-2-10(5-7(8)9-11)14(12,13)6-3-4-6/h6,11H,2-5H2,1H3,(H2,8,9). The number of amidine groups is 1. The summed E-state index contributed by atoms with van der Waals surface area (Å²) >= 11 is 0. The van der Waals surface area contributed by atoms with Crippen molar-refractivity contribution in [3.8, 4) is 0 Å². The topological polar surface area (TPSA) is 96.0 Å². The smallest absolute Gasteiger partial charge is 0.217 e. The Balaban J connectivity index is 2.70. The molecule has 0 radical (unpaired) electrons.